The SMILES string of the molecule is CC(C)Oc1cccc(NC(=O)C2CN(S(=O)(=O)Cc3ccccc3)c3ccccc3O2)c1. The molecule has 0 aromatic heterocycles. The number of hydrogen-bond acceptors (Lipinski definition) is 5. The summed E-state index contributed by atoms with van der Waals surface area (Å²) in [4.78, 5) is 13.0. The zero-order chi connectivity index (χ0) is 23.4. The van der Waals surface area contributed by atoms with E-state index in [-0.39, 0.29) is 18.4 Å². The summed E-state index contributed by atoms with van der Waals surface area (Å²) in [6, 6.07) is 22.8. The summed E-state index contributed by atoms with van der Waals surface area (Å²) in [6.07, 6.45) is -1.02. The van der Waals surface area contributed by atoms with E-state index in [1.165, 1.54) is 4.31 Å². The van der Waals surface area contributed by atoms with Gasteiger partial charge in [-0.05, 0) is 43.7 Å². The molecular formula is C25H26N2O5S. The normalized spacial score (nSPS) is 15.5. The number of rotatable bonds is 7. The average molecular weight is 467 g/mol. The van der Waals surface area contributed by atoms with E-state index in [1.807, 2.05) is 19.9 Å². The summed E-state index contributed by atoms with van der Waals surface area (Å²) in [6.45, 7) is 3.71. The van der Waals surface area contributed by atoms with E-state index in [9.17, 15) is 13.2 Å². The lowest BCUT2D eigenvalue weighted by molar-refractivity contribution is -0.122. The number of carbonyl (C=O) groups excluding carboxylic acids is 1. The van der Waals surface area contributed by atoms with E-state index in [0.717, 1.165) is 0 Å². The third-order valence-electron chi connectivity index (χ3n) is 5.03. The molecule has 8 heteroatoms. The first-order chi connectivity index (χ1) is 15.8. The number of sulfonamides is 1. The predicted octanol–water partition coefficient (Wildman–Crippen LogP) is 4.21. The van der Waals surface area contributed by atoms with Gasteiger partial charge in [0.1, 0.15) is 11.5 Å². The van der Waals surface area contributed by atoms with Gasteiger partial charge in [0, 0.05) is 11.8 Å². The van der Waals surface area contributed by atoms with Crippen LogP contribution in [-0.4, -0.2) is 33.1 Å². The molecule has 1 unspecified atom stereocenters. The molecule has 0 saturated carbocycles. The molecule has 1 aliphatic heterocycles. The van der Waals surface area contributed by atoms with E-state index in [2.05, 4.69) is 5.32 Å². The minimum atomic E-state index is -3.76. The van der Waals surface area contributed by atoms with Gasteiger partial charge < -0.3 is 14.8 Å². The fourth-order valence-corrected chi connectivity index (χ4v) is 5.19. The molecule has 0 fully saturated rings. The van der Waals surface area contributed by atoms with Crippen LogP contribution in [0.1, 0.15) is 19.4 Å². The van der Waals surface area contributed by atoms with Crippen LogP contribution in [0, 0.1) is 0 Å². The second-order valence-electron chi connectivity index (χ2n) is 8.03. The monoisotopic (exact) mass is 466 g/mol. The van der Waals surface area contributed by atoms with Gasteiger partial charge in [0.15, 0.2) is 6.10 Å². The molecular weight excluding hydrogens is 440 g/mol. The summed E-state index contributed by atoms with van der Waals surface area (Å²) < 4.78 is 39.5. The predicted molar refractivity (Wildman–Crippen MR) is 128 cm³/mol. The van der Waals surface area contributed by atoms with E-state index < -0.39 is 22.0 Å². The highest BCUT2D eigenvalue weighted by atomic mass is 32.2. The van der Waals surface area contributed by atoms with Crippen LogP contribution in [0.5, 0.6) is 11.5 Å². The van der Waals surface area contributed by atoms with Gasteiger partial charge in [0.2, 0.25) is 10.0 Å². The third-order valence-corrected chi connectivity index (χ3v) is 6.74. The average Bonchev–Trinajstić information content (AvgIpc) is 2.78. The van der Waals surface area contributed by atoms with Gasteiger partial charge in [-0.25, -0.2) is 8.42 Å². The van der Waals surface area contributed by atoms with Crippen LogP contribution in [0.25, 0.3) is 0 Å². The van der Waals surface area contributed by atoms with Crippen LogP contribution in [0.15, 0.2) is 78.9 Å². The summed E-state index contributed by atoms with van der Waals surface area (Å²) >= 11 is 0. The number of benzene rings is 3. The molecule has 0 spiro atoms. The lowest BCUT2D eigenvalue weighted by Crippen LogP contribution is -2.49. The van der Waals surface area contributed by atoms with Crippen LogP contribution in [0.4, 0.5) is 11.4 Å². The second-order valence-corrected chi connectivity index (χ2v) is 9.92. The molecule has 1 amide bonds. The van der Waals surface area contributed by atoms with E-state index in [1.54, 1.807) is 72.8 Å². The molecule has 7 nitrogen and oxygen atoms in total. The number of ether oxygens (including phenoxy) is 2. The minimum absolute atomic E-state index is 0.00231. The number of anilines is 2. The molecule has 3 aromatic rings. The van der Waals surface area contributed by atoms with Crippen LogP contribution in [0.3, 0.4) is 0 Å². The number of nitrogens with zero attached hydrogens (tertiary/aromatic N) is 1. The second kappa shape index (κ2) is 9.54. The number of carbonyl (C=O) groups is 1. The zero-order valence-corrected chi connectivity index (χ0v) is 19.3. The quantitative estimate of drug-likeness (QED) is 0.564. The molecule has 0 radical (unpaired) electrons. The largest absolute Gasteiger partial charge is 0.491 e. The van der Waals surface area contributed by atoms with Crippen molar-refractivity contribution in [3.8, 4) is 11.5 Å². The highest BCUT2D eigenvalue weighted by Gasteiger charge is 2.36. The van der Waals surface area contributed by atoms with Gasteiger partial charge in [0.05, 0.1) is 24.1 Å². The third kappa shape index (κ3) is 5.46. The Morgan fingerprint density at radius 2 is 1.79 bits per heavy atom. The Balaban J connectivity index is 1.56. The number of fused-ring (bicyclic) bond motifs is 1. The molecule has 172 valence electrons. The van der Waals surface area contributed by atoms with Gasteiger partial charge in [-0.3, -0.25) is 9.10 Å². The first-order valence-electron chi connectivity index (χ1n) is 10.7. The molecule has 1 aliphatic rings. The maximum atomic E-state index is 13.3. The Hall–Kier alpha value is -3.52. The highest BCUT2D eigenvalue weighted by Crippen LogP contribution is 2.36. The van der Waals surface area contributed by atoms with Gasteiger partial charge in [-0.15, -0.1) is 0 Å². The lowest BCUT2D eigenvalue weighted by atomic mass is 10.2. The summed E-state index contributed by atoms with van der Waals surface area (Å²) in [5.41, 5.74) is 1.63. The number of hydrogen-bond donors (Lipinski definition) is 1. The zero-order valence-electron chi connectivity index (χ0n) is 18.5. The van der Waals surface area contributed by atoms with Gasteiger partial charge in [-0.2, -0.15) is 0 Å². The number of amides is 1. The molecule has 0 bridgehead atoms. The fourth-order valence-electron chi connectivity index (χ4n) is 3.61. The molecule has 1 heterocycles. The smallest absolute Gasteiger partial charge is 0.267 e. The van der Waals surface area contributed by atoms with Crippen molar-refractivity contribution in [3.05, 3.63) is 84.4 Å². The lowest BCUT2D eigenvalue weighted by Gasteiger charge is -2.34. The van der Waals surface area contributed by atoms with Crippen molar-refractivity contribution < 1.29 is 22.7 Å². The maximum absolute atomic E-state index is 13.3. The topological polar surface area (TPSA) is 84.9 Å². The maximum Gasteiger partial charge on any atom is 0.267 e. The van der Waals surface area contributed by atoms with Crippen molar-refractivity contribution in [1.29, 1.82) is 0 Å². The van der Waals surface area contributed by atoms with Crippen LogP contribution >= 0.6 is 0 Å². The van der Waals surface area contributed by atoms with Gasteiger partial charge >= 0.3 is 0 Å². The Kier molecular flexibility index (Phi) is 6.55. The van der Waals surface area contributed by atoms with Gasteiger partial charge in [0.25, 0.3) is 5.91 Å². The fraction of sp³-hybridized carbons (Fsp3) is 0.240. The van der Waals surface area contributed by atoms with Crippen molar-refractivity contribution >= 4 is 27.3 Å². The highest BCUT2D eigenvalue weighted by molar-refractivity contribution is 7.92. The first kappa shape index (κ1) is 22.7. The van der Waals surface area contributed by atoms with Crippen molar-refractivity contribution in [2.75, 3.05) is 16.2 Å². The molecule has 0 aliphatic carbocycles. The van der Waals surface area contributed by atoms with Crippen LogP contribution in [-0.2, 0) is 20.6 Å². The minimum Gasteiger partial charge on any atom is -0.491 e. The molecule has 4 rings (SSSR count). The van der Waals surface area contributed by atoms with Crippen molar-refractivity contribution in [2.24, 2.45) is 0 Å². The van der Waals surface area contributed by atoms with Crippen LogP contribution in [0.2, 0.25) is 0 Å². The van der Waals surface area contributed by atoms with E-state index in [0.29, 0.717) is 28.4 Å². The molecule has 3 aromatic carbocycles. The van der Waals surface area contributed by atoms with E-state index >= 15 is 0 Å². The van der Waals surface area contributed by atoms with Crippen molar-refractivity contribution in [3.63, 3.8) is 0 Å². The van der Waals surface area contributed by atoms with Crippen LogP contribution < -0.4 is 19.1 Å². The Morgan fingerprint density at radius 1 is 1.06 bits per heavy atom. The standard InChI is InChI=1S/C25H26N2O5S/c1-18(2)31-21-12-8-11-20(15-21)26-25(28)24-16-27(22-13-6-7-14-23(22)32-24)33(29,30)17-19-9-4-3-5-10-19/h3-15,18,24H,16-17H2,1-2H3,(H,26,28). The summed E-state index contributed by atoms with van der Waals surface area (Å²) in [7, 11) is -3.76. The molecule has 33 heavy (non-hydrogen) atoms. The molecule has 1 atom stereocenters. The first-order valence-corrected chi connectivity index (χ1v) is 12.3. The molecule has 0 saturated heterocycles. The van der Waals surface area contributed by atoms with Gasteiger partial charge in [-0.1, -0.05) is 48.5 Å². The number of nitrogens with one attached hydrogen (secondary N) is 1. The Labute approximate surface area is 194 Å². The summed E-state index contributed by atoms with van der Waals surface area (Å²) in [5, 5.41) is 2.81. The van der Waals surface area contributed by atoms with Crippen molar-refractivity contribution in [2.45, 2.75) is 31.8 Å². The number of para-hydroxylation sites is 2. The van der Waals surface area contributed by atoms with E-state index in [4.69, 9.17) is 9.47 Å². The van der Waals surface area contributed by atoms with Crippen molar-refractivity contribution in [1.82, 2.24) is 0 Å². The Bertz CT molecular complexity index is 1230. The molecule has 1 N–H and O–H groups in total. The summed E-state index contributed by atoms with van der Waals surface area (Å²) in [5.74, 6) is 0.360. The Morgan fingerprint density at radius 3 is 2.55 bits per heavy atom.